The van der Waals surface area contributed by atoms with Crippen LogP contribution in [0.2, 0.25) is 0 Å². The molecular formula is C10H6F3N3O2S. The van der Waals surface area contributed by atoms with Crippen molar-refractivity contribution >= 4 is 22.4 Å². The second-order valence-corrected chi connectivity index (χ2v) is 4.10. The molecule has 1 heterocycles. The fraction of sp³-hybridized carbons (Fsp3) is 0.100. The van der Waals surface area contributed by atoms with Gasteiger partial charge in [-0.1, -0.05) is 11.3 Å². The lowest BCUT2D eigenvalue weighted by atomic mass is 10.2. The van der Waals surface area contributed by atoms with Crippen LogP contribution in [-0.2, 0) is 0 Å². The first-order chi connectivity index (χ1) is 8.94. The monoisotopic (exact) mass is 289 g/mol. The van der Waals surface area contributed by atoms with Crippen LogP contribution >= 0.6 is 11.3 Å². The Morgan fingerprint density at radius 1 is 1.26 bits per heavy atom. The number of nitrogens with zero attached hydrogens (tertiary/aromatic N) is 2. The van der Waals surface area contributed by atoms with Crippen molar-refractivity contribution in [2.24, 2.45) is 0 Å². The molecule has 5 nitrogen and oxygen atoms in total. The maximum Gasteiger partial charge on any atom is 0.573 e. The molecule has 0 saturated carbocycles. The van der Waals surface area contributed by atoms with Crippen molar-refractivity contribution in [2.45, 2.75) is 6.36 Å². The highest BCUT2D eigenvalue weighted by atomic mass is 32.1. The van der Waals surface area contributed by atoms with Gasteiger partial charge in [-0.25, -0.2) is 0 Å². The minimum Gasteiger partial charge on any atom is -0.406 e. The van der Waals surface area contributed by atoms with Gasteiger partial charge in [-0.2, -0.15) is 0 Å². The van der Waals surface area contributed by atoms with Crippen molar-refractivity contribution in [2.75, 3.05) is 5.32 Å². The predicted molar refractivity (Wildman–Crippen MR) is 61.0 cm³/mol. The van der Waals surface area contributed by atoms with E-state index in [-0.39, 0.29) is 11.3 Å². The van der Waals surface area contributed by atoms with Gasteiger partial charge in [0.25, 0.3) is 5.91 Å². The molecule has 1 amide bonds. The molecule has 0 fully saturated rings. The van der Waals surface area contributed by atoms with Gasteiger partial charge in [0.15, 0.2) is 0 Å². The molecule has 0 bridgehead atoms. The summed E-state index contributed by atoms with van der Waals surface area (Å²) >= 11 is 1.13. The SMILES string of the molecule is O=C(Nc1nncs1)c1ccc(OC(F)(F)F)cc1. The molecule has 1 N–H and O–H groups in total. The zero-order valence-corrected chi connectivity index (χ0v) is 9.96. The molecular weight excluding hydrogens is 283 g/mol. The molecule has 100 valence electrons. The smallest absolute Gasteiger partial charge is 0.406 e. The summed E-state index contributed by atoms with van der Waals surface area (Å²) in [5.74, 6) is -0.879. The van der Waals surface area contributed by atoms with Crippen LogP contribution in [0.1, 0.15) is 10.4 Å². The number of alkyl halides is 3. The molecule has 0 saturated heterocycles. The summed E-state index contributed by atoms with van der Waals surface area (Å²) in [6, 6.07) is 4.56. The largest absolute Gasteiger partial charge is 0.573 e. The van der Waals surface area contributed by atoms with Gasteiger partial charge < -0.3 is 4.74 Å². The van der Waals surface area contributed by atoms with E-state index in [0.29, 0.717) is 5.13 Å². The van der Waals surface area contributed by atoms with E-state index in [2.05, 4.69) is 20.3 Å². The topological polar surface area (TPSA) is 64.1 Å². The fourth-order valence-corrected chi connectivity index (χ4v) is 1.64. The molecule has 0 radical (unpaired) electrons. The Bertz CT molecular complexity index is 554. The van der Waals surface area contributed by atoms with Crippen molar-refractivity contribution in [3.05, 3.63) is 35.3 Å². The highest BCUT2D eigenvalue weighted by molar-refractivity contribution is 7.13. The van der Waals surface area contributed by atoms with E-state index in [1.54, 1.807) is 0 Å². The van der Waals surface area contributed by atoms with E-state index < -0.39 is 12.3 Å². The normalized spacial score (nSPS) is 11.1. The number of amides is 1. The fourth-order valence-electron chi connectivity index (χ4n) is 1.20. The maximum atomic E-state index is 11.9. The van der Waals surface area contributed by atoms with Gasteiger partial charge in [-0.15, -0.1) is 23.4 Å². The number of halogens is 3. The van der Waals surface area contributed by atoms with Crippen LogP contribution in [0.4, 0.5) is 18.3 Å². The van der Waals surface area contributed by atoms with Gasteiger partial charge in [-0.3, -0.25) is 10.1 Å². The van der Waals surface area contributed by atoms with Gasteiger partial charge >= 0.3 is 6.36 Å². The average Bonchev–Trinajstić information content (AvgIpc) is 2.80. The number of carbonyl (C=O) groups is 1. The van der Waals surface area contributed by atoms with E-state index in [1.807, 2.05) is 0 Å². The van der Waals surface area contributed by atoms with Crippen LogP contribution in [0.25, 0.3) is 0 Å². The molecule has 0 atom stereocenters. The van der Waals surface area contributed by atoms with E-state index in [1.165, 1.54) is 17.6 Å². The zero-order chi connectivity index (χ0) is 13.9. The molecule has 0 aliphatic heterocycles. The van der Waals surface area contributed by atoms with Crippen LogP contribution in [0.3, 0.4) is 0 Å². The van der Waals surface area contributed by atoms with Crippen molar-refractivity contribution in [3.8, 4) is 5.75 Å². The Kier molecular flexibility index (Phi) is 3.65. The van der Waals surface area contributed by atoms with E-state index in [9.17, 15) is 18.0 Å². The molecule has 19 heavy (non-hydrogen) atoms. The Hall–Kier alpha value is -2.16. The number of hydrogen-bond donors (Lipinski definition) is 1. The van der Waals surface area contributed by atoms with Crippen LogP contribution in [-0.4, -0.2) is 22.5 Å². The summed E-state index contributed by atoms with van der Waals surface area (Å²) in [7, 11) is 0. The molecule has 2 rings (SSSR count). The van der Waals surface area contributed by atoms with Crippen LogP contribution in [0, 0.1) is 0 Å². The molecule has 0 aliphatic rings. The molecule has 1 aromatic carbocycles. The van der Waals surface area contributed by atoms with Crippen LogP contribution < -0.4 is 10.1 Å². The Labute approximate surface area is 109 Å². The molecule has 2 aromatic rings. The standard InChI is InChI=1S/C10H6F3N3O2S/c11-10(12,13)18-7-3-1-6(2-4-7)8(17)15-9-16-14-5-19-9/h1-5H,(H,15,16,17). The summed E-state index contributed by atoms with van der Waals surface area (Å²) < 4.78 is 39.5. The van der Waals surface area contributed by atoms with Gasteiger partial charge in [-0.05, 0) is 24.3 Å². The van der Waals surface area contributed by atoms with Gasteiger partial charge in [0.05, 0.1) is 0 Å². The average molecular weight is 289 g/mol. The number of ether oxygens (including phenoxy) is 1. The summed E-state index contributed by atoms with van der Waals surface area (Å²) in [4.78, 5) is 11.7. The van der Waals surface area contributed by atoms with Crippen molar-refractivity contribution in [3.63, 3.8) is 0 Å². The summed E-state index contributed by atoms with van der Waals surface area (Å²) in [6.07, 6.45) is -4.75. The third kappa shape index (κ3) is 3.91. The van der Waals surface area contributed by atoms with Gasteiger partial charge in [0.1, 0.15) is 11.3 Å². The highest BCUT2D eigenvalue weighted by Crippen LogP contribution is 2.23. The summed E-state index contributed by atoms with van der Waals surface area (Å²) in [6.45, 7) is 0. The number of carbonyl (C=O) groups excluding carboxylic acids is 1. The van der Waals surface area contributed by atoms with Gasteiger partial charge in [0.2, 0.25) is 5.13 Å². The molecule has 1 aromatic heterocycles. The lowest BCUT2D eigenvalue weighted by Gasteiger charge is -2.08. The van der Waals surface area contributed by atoms with Crippen LogP contribution in [0.5, 0.6) is 5.75 Å². The minimum absolute atomic E-state index is 0.185. The van der Waals surface area contributed by atoms with E-state index in [0.717, 1.165) is 23.5 Å². The van der Waals surface area contributed by atoms with Gasteiger partial charge in [0, 0.05) is 5.56 Å². The number of rotatable bonds is 3. The number of benzene rings is 1. The van der Waals surface area contributed by atoms with E-state index in [4.69, 9.17) is 0 Å². The summed E-state index contributed by atoms with van der Waals surface area (Å²) in [5.41, 5.74) is 1.63. The number of aromatic nitrogens is 2. The third-order valence-electron chi connectivity index (χ3n) is 1.93. The third-order valence-corrected chi connectivity index (χ3v) is 2.54. The predicted octanol–water partition coefficient (Wildman–Crippen LogP) is 2.69. The zero-order valence-electron chi connectivity index (χ0n) is 9.14. The van der Waals surface area contributed by atoms with Crippen molar-refractivity contribution in [1.82, 2.24) is 10.2 Å². The second kappa shape index (κ2) is 5.22. The Morgan fingerprint density at radius 2 is 1.95 bits per heavy atom. The maximum absolute atomic E-state index is 11.9. The number of hydrogen-bond acceptors (Lipinski definition) is 5. The van der Waals surface area contributed by atoms with Crippen molar-refractivity contribution in [1.29, 1.82) is 0 Å². The second-order valence-electron chi connectivity index (χ2n) is 3.27. The Morgan fingerprint density at radius 3 is 2.47 bits per heavy atom. The number of nitrogens with one attached hydrogen (secondary N) is 1. The first-order valence-corrected chi connectivity index (χ1v) is 5.75. The first kappa shape index (κ1) is 13.3. The lowest BCUT2D eigenvalue weighted by Crippen LogP contribution is -2.17. The van der Waals surface area contributed by atoms with Crippen molar-refractivity contribution < 1.29 is 22.7 Å². The minimum atomic E-state index is -4.75. The Balaban J connectivity index is 2.04. The first-order valence-electron chi connectivity index (χ1n) is 4.87. The molecule has 0 aliphatic carbocycles. The quantitative estimate of drug-likeness (QED) is 0.943. The highest BCUT2D eigenvalue weighted by Gasteiger charge is 2.31. The molecule has 0 unspecified atom stereocenters. The number of anilines is 1. The molecule has 0 spiro atoms. The van der Waals surface area contributed by atoms with Crippen LogP contribution in [0.15, 0.2) is 29.8 Å². The summed E-state index contributed by atoms with van der Waals surface area (Å²) in [5, 5.41) is 9.90. The lowest BCUT2D eigenvalue weighted by molar-refractivity contribution is -0.274. The molecule has 9 heteroatoms. The van der Waals surface area contributed by atoms with E-state index >= 15 is 0 Å².